The first kappa shape index (κ1) is 31.0. The van der Waals surface area contributed by atoms with E-state index in [2.05, 4.69) is 59.6 Å². The highest BCUT2D eigenvalue weighted by atomic mass is 32.1. The van der Waals surface area contributed by atoms with Crippen molar-refractivity contribution in [2.45, 2.75) is 39.7 Å². The molecule has 3 rings (SSSR count). The minimum Gasteiger partial charge on any atom is -0.385 e. The first-order chi connectivity index (χ1) is 18.1. The number of carbonyl (C=O) groups is 1. The van der Waals surface area contributed by atoms with Gasteiger partial charge in [-0.25, -0.2) is 0 Å². The van der Waals surface area contributed by atoms with Gasteiger partial charge < -0.3 is 19.9 Å². The van der Waals surface area contributed by atoms with E-state index in [0.717, 1.165) is 57.6 Å². The van der Waals surface area contributed by atoms with E-state index in [1.54, 1.807) is 13.2 Å². The van der Waals surface area contributed by atoms with Gasteiger partial charge in [-0.05, 0) is 73.7 Å². The zero-order chi connectivity index (χ0) is 28.3. The molecule has 0 bridgehead atoms. The summed E-state index contributed by atoms with van der Waals surface area (Å²) in [5.41, 5.74) is 1.68. The maximum Gasteiger partial charge on any atom is 0.262 e. The molecule has 1 aromatic carbocycles. The lowest BCUT2D eigenvalue weighted by Gasteiger charge is -2.34. The standard InChI is InChI=1S/C29H36N4O2S.C2H6/c1-21-17-24(8-7-23(21)18-22(2)33-14-12-32(5)13-15-33)27-10-9-26(36-27)19-25(20-30)28(34)31-29(3,4)11-16-35-6;1-2/h7-10,17-19H,1-2,11-16H2,3-6H3,(H,31,34);1-2H3/b23-18-,25-19+;. The molecule has 7 heteroatoms. The molecule has 0 aliphatic carbocycles. The summed E-state index contributed by atoms with van der Waals surface area (Å²) >= 11 is 1.53. The van der Waals surface area contributed by atoms with Crippen LogP contribution in [0.25, 0.3) is 29.2 Å². The maximum absolute atomic E-state index is 12.7. The van der Waals surface area contributed by atoms with E-state index in [4.69, 9.17) is 4.74 Å². The summed E-state index contributed by atoms with van der Waals surface area (Å²) in [6.45, 7) is 20.9. The average molecular weight is 535 g/mol. The molecule has 1 aromatic heterocycles. The van der Waals surface area contributed by atoms with Crippen LogP contribution >= 0.6 is 11.3 Å². The Kier molecular flexibility index (Phi) is 12.0. The second-order valence-corrected chi connectivity index (χ2v) is 10.9. The number of nitriles is 1. The normalized spacial score (nSPS) is 14.9. The lowest BCUT2D eigenvalue weighted by Crippen LogP contribution is -2.44. The molecule has 1 aliphatic heterocycles. The van der Waals surface area contributed by atoms with Gasteiger partial charge in [-0.2, -0.15) is 5.26 Å². The van der Waals surface area contributed by atoms with Gasteiger partial charge >= 0.3 is 0 Å². The molecule has 1 amide bonds. The second-order valence-electron chi connectivity index (χ2n) is 9.79. The molecule has 204 valence electrons. The minimum absolute atomic E-state index is 0.0825. The summed E-state index contributed by atoms with van der Waals surface area (Å²) in [5.74, 6) is -0.380. The number of hydrogen-bond acceptors (Lipinski definition) is 6. The second kappa shape index (κ2) is 14.7. The van der Waals surface area contributed by atoms with Gasteiger partial charge in [0, 0.05) is 60.9 Å². The molecule has 6 nitrogen and oxygen atoms in total. The number of piperazine rings is 1. The largest absolute Gasteiger partial charge is 0.385 e. The van der Waals surface area contributed by atoms with E-state index in [0.29, 0.717) is 13.0 Å². The van der Waals surface area contributed by atoms with Crippen LogP contribution in [0.3, 0.4) is 0 Å². The summed E-state index contributed by atoms with van der Waals surface area (Å²) in [4.78, 5) is 19.2. The van der Waals surface area contributed by atoms with Crippen LogP contribution in [-0.2, 0) is 9.53 Å². The summed E-state index contributed by atoms with van der Waals surface area (Å²) in [6, 6.07) is 12.2. The van der Waals surface area contributed by atoms with Gasteiger partial charge in [0.15, 0.2) is 0 Å². The molecule has 0 atom stereocenters. The number of nitrogens with one attached hydrogen (secondary N) is 1. The monoisotopic (exact) mass is 534 g/mol. The van der Waals surface area contributed by atoms with Crippen LogP contribution in [0.4, 0.5) is 0 Å². The molecule has 2 aromatic rings. The predicted molar refractivity (Wildman–Crippen MR) is 161 cm³/mol. The molecule has 1 aliphatic rings. The lowest BCUT2D eigenvalue weighted by atomic mass is 10.0. The van der Waals surface area contributed by atoms with Crippen LogP contribution in [0.2, 0.25) is 0 Å². The van der Waals surface area contributed by atoms with E-state index in [1.165, 1.54) is 11.3 Å². The topological polar surface area (TPSA) is 68.6 Å². The zero-order valence-electron chi connectivity index (χ0n) is 23.8. The van der Waals surface area contributed by atoms with E-state index in [-0.39, 0.29) is 11.5 Å². The fourth-order valence-electron chi connectivity index (χ4n) is 3.94. The maximum atomic E-state index is 12.7. The van der Waals surface area contributed by atoms with Crippen molar-refractivity contribution in [1.82, 2.24) is 15.1 Å². The number of allylic oxidation sites excluding steroid dienone is 1. The van der Waals surface area contributed by atoms with Crippen molar-refractivity contribution in [2.75, 3.05) is 46.9 Å². The van der Waals surface area contributed by atoms with Crippen molar-refractivity contribution in [2.24, 2.45) is 0 Å². The van der Waals surface area contributed by atoms with Gasteiger partial charge in [-0.15, -0.1) is 11.3 Å². The lowest BCUT2D eigenvalue weighted by molar-refractivity contribution is -0.118. The van der Waals surface area contributed by atoms with Crippen molar-refractivity contribution in [1.29, 1.82) is 5.26 Å². The zero-order valence-corrected chi connectivity index (χ0v) is 24.6. The first-order valence-electron chi connectivity index (χ1n) is 13.1. The molecule has 2 heterocycles. The number of rotatable bonds is 9. The number of ether oxygens (including phenoxy) is 1. The Hall–Kier alpha value is -3.18. The molecule has 38 heavy (non-hydrogen) atoms. The fraction of sp³-hybridized carbons (Fsp3) is 0.419. The third-order valence-electron chi connectivity index (χ3n) is 6.32. The van der Waals surface area contributed by atoms with Crippen LogP contribution in [-0.4, -0.2) is 68.2 Å². The number of likely N-dealkylation sites (N-methyl/N-ethyl adjacent to an activating group) is 1. The molecule has 0 unspecified atom stereocenters. The van der Waals surface area contributed by atoms with Crippen LogP contribution in [0, 0.1) is 11.3 Å². The Labute approximate surface area is 232 Å². The average Bonchev–Trinajstić information content (AvgIpc) is 3.37. The highest BCUT2D eigenvalue weighted by Crippen LogP contribution is 2.28. The van der Waals surface area contributed by atoms with Crippen LogP contribution in [0.5, 0.6) is 0 Å². The van der Waals surface area contributed by atoms with Crippen molar-refractivity contribution in [3.63, 3.8) is 0 Å². The smallest absolute Gasteiger partial charge is 0.262 e. The highest BCUT2D eigenvalue weighted by molar-refractivity contribution is 7.16. The van der Waals surface area contributed by atoms with Gasteiger partial charge in [-0.3, -0.25) is 4.79 Å². The number of hydrogen-bond donors (Lipinski definition) is 1. The predicted octanol–water partition coefficient (Wildman–Crippen LogP) is 4.23. The third-order valence-corrected chi connectivity index (χ3v) is 7.40. The van der Waals surface area contributed by atoms with Gasteiger partial charge in [0.1, 0.15) is 11.6 Å². The number of methoxy groups -OCH3 is 1. The van der Waals surface area contributed by atoms with Gasteiger partial charge in [0.2, 0.25) is 0 Å². The number of thiophene rings is 1. The van der Waals surface area contributed by atoms with Gasteiger partial charge in [0.05, 0.1) is 0 Å². The van der Waals surface area contributed by atoms with Crippen LogP contribution in [0.15, 0.2) is 48.2 Å². The van der Waals surface area contributed by atoms with Crippen molar-refractivity contribution in [3.05, 3.63) is 63.5 Å². The molecular weight excluding hydrogens is 492 g/mol. The van der Waals surface area contributed by atoms with Gasteiger partial charge in [0.25, 0.3) is 5.91 Å². The van der Waals surface area contributed by atoms with E-state index in [1.807, 2.05) is 45.9 Å². The highest BCUT2D eigenvalue weighted by Gasteiger charge is 2.22. The molecule has 0 spiro atoms. The summed E-state index contributed by atoms with van der Waals surface area (Å²) < 4.78 is 5.11. The summed E-state index contributed by atoms with van der Waals surface area (Å²) in [6.07, 6.45) is 4.40. The SMILES string of the molecule is C=C(/C=c1/ccc(-c2ccc(/C=C(\C#N)C(=O)NC(C)(C)CCOC)s2)cc1=C)N1CCN(C)CC1.CC. The first-order valence-corrected chi connectivity index (χ1v) is 13.9. The minimum atomic E-state index is -0.470. The molecule has 1 N–H and O–H groups in total. The van der Waals surface area contributed by atoms with E-state index in [9.17, 15) is 10.1 Å². The molecule has 1 saturated heterocycles. The number of benzene rings is 1. The summed E-state index contributed by atoms with van der Waals surface area (Å²) in [5, 5.41) is 14.5. The quantitative estimate of drug-likeness (QED) is 0.385. The number of carbonyl (C=O) groups excluding carboxylic acids is 1. The van der Waals surface area contributed by atoms with Crippen molar-refractivity contribution in [3.8, 4) is 16.5 Å². The number of nitrogens with zero attached hydrogens (tertiary/aromatic N) is 3. The Balaban J connectivity index is 0.00000247. The summed E-state index contributed by atoms with van der Waals surface area (Å²) in [7, 11) is 3.77. The molecule has 0 radical (unpaired) electrons. The van der Waals surface area contributed by atoms with E-state index < -0.39 is 5.54 Å². The van der Waals surface area contributed by atoms with Crippen molar-refractivity contribution >= 4 is 36.0 Å². The molecular formula is C31H42N4O2S. The van der Waals surface area contributed by atoms with Crippen molar-refractivity contribution < 1.29 is 9.53 Å². The third kappa shape index (κ3) is 8.98. The Morgan fingerprint density at radius 1 is 1.21 bits per heavy atom. The molecule has 0 saturated carbocycles. The van der Waals surface area contributed by atoms with Gasteiger partial charge in [-0.1, -0.05) is 39.1 Å². The Morgan fingerprint density at radius 3 is 2.50 bits per heavy atom. The van der Waals surface area contributed by atoms with Crippen LogP contribution in [0.1, 0.15) is 39.0 Å². The fourth-order valence-corrected chi connectivity index (χ4v) is 4.88. The Morgan fingerprint density at radius 2 is 1.89 bits per heavy atom. The number of amides is 1. The molecule has 1 fully saturated rings. The van der Waals surface area contributed by atoms with E-state index >= 15 is 0 Å². The van der Waals surface area contributed by atoms with Crippen LogP contribution < -0.4 is 15.8 Å². The Bertz CT molecular complexity index is 1280.